The van der Waals surface area contributed by atoms with E-state index in [0.29, 0.717) is 0 Å². The molecule has 6 aromatic rings. The lowest BCUT2D eigenvalue weighted by Gasteiger charge is -2.32. The average Bonchev–Trinajstić information content (AvgIpc) is 3.06. The van der Waals surface area contributed by atoms with E-state index in [1.54, 1.807) is 0 Å². The van der Waals surface area contributed by atoms with Gasteiger partial charge in [0.05, 0.1) is 0 Å². The highest BCUT2D eigenvalue weighted by atomic mass is 79.9. The number of hydrogen-bond donors (Lipinski definition) is 0. The van der Waals surface area contributed by atoms with Crippen molar-refractivity contribution in [2.75, 3.05) is 12.3 Å². The van der Waals surface area contributed by atoms with Crippen molar-refractivity contribution in [1.82, 2.24) is 0 Å². The Labute approximate surface area is 273 Å². The summed E-state index contributed by atoms with van der Waals surface area (Å²) in [6.45, 7) is 0. The SMILES string of the molecule is Br.Br.c1ccc([P+](CC[P+](c2ccccc2)(c2ccccc2)c2ccccc2)(c2ccccc2)c2ccccc2)cc1. The van der Waals surface area contributed by atoms with Gasteiger partial charge in [0, 0.05) is 0 Å². The highest BCUT2D eigenvalue weighted by Crippen LogP contribution is 2.62. The first-order valence-corrected chi connectivity index (χ1v) is 17.9. The molecule has 42 heavy (non-hydrogen) atoms. The fourth-order valence-corrected chi connectivity index (χ4v) is 15.9. The maximum atomic E-state index is 2.36. The summed E-state index contributed by atoms with van der Waals surface area (Å²) in [6.07, 6.45) is 2.16. The molecule has 0 nitrogen and oxygen atoms in total. The summed E-state index contributed by atoms with van der Waals surface area (Å²) < 4.78 is 0. The first-order valence-electron chi connectivity index (χ1n) is 13.9. The zero-order valence-electron chi connectivity index (χ0n) is 23.4. The zero-order chi connectivity index (χ0) is 27.1. The van der Waals surface area contributed by atoms with Gasteiger partial charge in [-0.15, -0.1) is 34.0 Å². The summed E-state index contributed by atoms with van der Waals surface area (Å²) in [4.78, 5) is 0. The minimum atomic E-state index is -1.98. The van der Waals surface area contributed by atoms with Crippen LogP contribution in [-0.4, -0.2) is 12.3 Å². The van der Waals surface area contributed by atoms with Crippen LogP contribution < -0.4 is 31.8 Å². The quantitative estimate of drug-likeness (QED) is 0.133. The second-order valence-corrected chi connectivity index (χ2v) is 17.3. The zero-order valence-corrected chi connectivity index (χ0v) is 28.7. The van der Waals surface area contributed by atoms with E-state index in [4.69, 9.17) is 0 Å². The van der Waals surface area contributed by atoms with Gasteiger partial charge in [-0.3, -0.25) is 0 Å². The highest BCUT2D eigenvalue weighted by molar-refractivity contribution is 8.93. The van der Waals surface area contributed by atoms with Crippen LogP contribution in [0.1, 0.15) is 0 Å². The van der Waals surface area contributed by atoms with Crippen LogP contribution in [0.3, 0.4) is 0 Å². The molecule has 0 unspecified atom stereocenters. The molecule has 0 bridgehead atoms. The van der Waals surface area contributed by atoms with Crippen LogP contribution in [0.2, 0.25) is 0 Å². The van der Waals surface area contributed by atoms with Crippen LogP contribution in [0, 0.1) is 0 Å². The van der Waals surface area contributed by atoms with Crippen LogP contribution in [0.4, 0.5) is 0 Å². The van der Waals surface area contributed by atoms with Crippen molar-refractivity contribution in [3.63, 3.8) is 0 Å². The second-order valence-electron chi connectivity index (χ2n) is 10.1. The number of rotatable bonds is 9. The fourth-order valence-electron chi connectivity index (χ4n) is 6.06. The van der Waals surface area contributed by atoms with Gasteiger partial charge in [0.2, 0.25) is 0 Å². The Kier molecular flexibility index (Phi) is 11.5. The molecule has 0 saturated heterocycles. The van der Waals surface area contributed by atoms with Crippen molar-refractivity contribution < 1.29 is 0 Å². The molecule has 6 aromatic carbocycles. The Balaban J connectivity index is 0.00000202. The third-order valence-corrected chi connectivity index (χ3v) is 17.2. The minimum Gasteiger partial charge on any atom is -0.114 e. The average molecular weight is 714 g/mol. The van der Waals surface area contributed by atoms with Gasteiger partial charge >= 0.3 is 0 Å². The van der Waals surface area contributed by atoms with Crippen LogP contribution in [0.25, 0.3) is 0 Å². The molecule has 0 aliphatic rings. The van der Waals surface area contributed by atoms with Crippen molar-refractivity contribution in [2.45, 2.75) is 0 Å². The van der Waals surface area contributed by atoms with Crippen molar-refractivity contribution in [2.24, 2.45) is 0 Å². The van der Waals surface area contributed by atoms with E-state index in [1.165, 1.54) is 31.8 Å². The van der Waals surface area contributed by atoms with Crippen molar-refractivity contribution >= 4 is 80.3 Å². The van der Waals surface area contributed by atoms with Gasteiger partial charge in [-0.25, -0.2) is 0 Å². The Morgan fingerprint density at radius 1 is 0.238 bits per heavy atom. The Hall–Kier alpha value is -2.86. The summed E-state index contributed by atoms with van der Waals surface area (Å²) in [7, 11) is -3.97. The largest absolute Gasteiger partial charge is 0.115 e. The molecule has 0 fully saturated rings. The molecular formula is C38H36Br2P2+2. The van der Waals surface area contributed by atoms with E-state index in [2.05, 4.69) is 182 Å². The van der Waals surface area contributed by atoms with Gasteiger partial charge in [0.25, 0.3) is 0 Å². The molecular weight excluding hydrogens is 678 g/mol. The predicted molar refractivity (Wildman–Crippen MR) is 201 cm³/mol. The molecule has 0 aliphatic heterocycles. The molecule has 0 heterocycles. The van der Waals surface area contributed by atoms with Gasteiger partial charge < -0.3 is 0 Å². The first-order chi connectivity index (χ1) is 19.8. The van der Waals surface area contributed by atoms with Crippen LogP contribution in [0.15, 0.2) is 182 Å². The molecule has 4 heteroatoms. The van der Waals surface area contributed by atoms with Gasteiger partial charge in [-0.2, -0.15) is 0 Å². The second kappa shape index (κ2) is 15.0. The summed E-state index contributed by atoms with van der Waals surface area (Å²) >= 11 is 0. The van der Waals surface area contributed by atoms with E-state index in [9.17, 15) is 0 Å². The molecule has 0 aromatic heterocycles. The summed E-state index contributed by atoms with van der Waals surface area (Å²) in [5, 5.41) is 8.66. The fraction of sp³-hybridized carbons (Fsp3) is 0.0526. The highest BCUT2D eigenvalue weighted by Gasteiger charge is 2.52. The maximum absolute atomic E-state index is 2.36. The lowest BCUT2D eigenvalue weighted by Crippen LogP contribution is -2.39. The van der Waals surface area contributed by atoms with E-state index >= 15 is 0 Å². The van der Waals surface area contributed by atoms with Gasteiger partial charge in [-0.05, 0) is 72.8 Å². The summed E-state index contributed by atoms with van der Waals surface area (Å²) in [6, 6.07) is 67.8. The molecule has 0 aliphatic carbocycles. The van der Waals surface area contributed by atoms with E-state index in [0.717, 1.165) is 12.3 Å². The van der Waals surface area contributed by atoms with Crippen molar-refractivity contribution in [3.05, 3.63) is 182 Å². The maximum Gasteiger partial charge on any atom is 0.115 e. The number of benzene rings is 6. The summed E-state index contributed by atoms with van der Waals surface area (Å²) in [5.74, 6) is 0. The first kappa shape index (κ1) is 32.1. The summed E-state index contributed by atoms with van der Waals surface area (Å²) in [5.41, 5.74) is 0. The van der Waals surface area contributed by atoms with Gasteiger partial charge in [0.15, 0.2) is 0 Å². The monoisotopic (exact) mass is 712 g/mol. The van der Waals surface area contributed by atoms with Crippen LogP contribution >= 0.6 is 48.5 Å². The molecule has 0 atom stereocenters. The van der Waals surface area contributed by atoms with E-state index in [-0.39, 0.29) is 34.0 Å². The van der Waals surface area contributed by atoms with Gasteiger partial charge in [-0.1, -0.05) is 109 Å². The van der Waals surface area contributed by atoms with Crippen molar-refractivity contribution in [3.8, 4) is 0 Å². The predicted octanol–water partition coefficient (Wildman–Crippen LogP) is 8.13. The lowest BCUT2D eigenvalue weighted by atomic mass is 10.4. The third kappa shape index (κ3) is 6.24. The normalized spacial score (nSPS) is 11.1. The third-order valence-electron chi connectivity index (χ3n) is 7.95. The Morgan fingerprint density at radius 2 is 0.381 bits per heavy atom. The van der Waals surface area contributed by atoms with Crippen LogP contribution in [-0.2, 0) is 0 Å². The smallest absolute Gasteiger partial charge is 0.114 e. The van der Waals surface area contributed by atoms with E-state index < -0.39 is 14.5 Å². The Bertz CT molecular complexity index is 1290. The molecule has 210 valence electrons. The Morgan fingerprint density at radius 3 is 0.524 bits per heavy atom. The lowest BCUT2D eigenvalue weighted by molar-refractivity contribution is 1.47. The molecule has 0 amide bonds. The van der Waals surface area contributed by atoms with Crippen LogP contribution in [0.5, 0.6) is 0 Å². The molecule has 0 saturated carbocycles. The molecule has 0 N–H and O–H groups in total. The van der Waals surface area contributed by atoms with E-state index in [1.807, 2.05) is 0 Å². The molecule has 0 spiro atoms. The standard InChI is InChI=1S/C38H34P2.2BrH/c1-7-19-33(20-8-1)39(34-21-9-2-10-22-34,35-23-11-3-12-24-35)31-32-40(36-25-13-4-14-26-36,37-27-15-5-16-28-37)38-29-17-6-18-30-38;;/h1-30H,31-32H2;2*1H/q+2;;. The molecule has 0 radical (unpaired) electrons. The van der Waals surface area contributed by atoms with Crippen molar-refractivity contribution in [1.29, 1.82) is 0 Å². The topological polar surface area (TPSA) is 0 Å². The number of hydrogen-bond acceptors (Lipinski definition) is 0. The minimum absolute atomic E-state index is 0. The molecule has 6 rings (SSSR count). The number of halogens is 2. The van der Waals surface area contributed by atoms with Gasteiger partial charge in [0.1, 0.15) is 58.7 Å².